The topological polar surface area (TPSA) is 67.4 Å². The summed E-state index contributed by atoms with van der Waals surface area (Å²) in [5.74, 6) is 0.777. The first-order chi connectivity index (χ1) is 11.3. The van der Waals surface area contributed by atoms with Gasteiger partial charge < -0.3 is 15.4 Å². The first kappa shape index (κ1) is 18.2. The lowest BCUT2D eigenvalue weighted by Crippen LogP contribution is -2.30. The van der Waals surface area contributed by atoms with Gasteiger partial charge in [0.05, 0.1) is 18.0 Å². The van der Waals surface area contributed by atoms with E-state index in [4.69, 9.17) is 17.0 Å². The van der Waals surface area contributed by atoms with Gasteiger partial charge in [0.1, 0.15) is 5.75 Å². The maximum atomic E-state index is 11.5. The second kappa shape index (κ2) is 7.63. The van der Waals surface area contributed by atoms with Crippen LogP contribution in [-0.4, -0.2) is 26.9 Å². The van der Waals surface area contributed by atoms with Gasteiger partial charge in [0, 0.05) is 11.9 Å². The van der Waals surface area contributed by atoms with Crippen LogP contribution < -0.4 is 15.4 Å². The molecule has 0 saturated carbocycles. The van der Waals surface area contributed by atoms with Gasteiger partial charge in [0.2, 0.25) is 0 Å². The van der Waals surface area contributed by atoms with Crippen molar-refractivity contribution in [1.82, 2.24) is 5.32 Å². The Kier molecular flexibility index (Phi) is 5.80. The third-order valence-electron chi connectivity index (χ3n) is 3.50. The molecule has 0 aliphatic heterocycles. The summed E-state index contributed by atoms with van der Waals surface area (Å²) in [6.07, 6.45) is 1.19. The highest BCUT2D eigenvalue weighted by Crippen LogP contribution is 2.18. The number of ether oxygens (including phenoxy) is 1. The Morgan fingerprint density at radius 3 is 2.17 bits per heavy atom. The summed E-state index contributed by atoms with van der Waals surface area (Å²) < 4.78 is 28.1. The minimum atomic E-state index is -3.18. The number of hydrogen-bond donors (Lipinski definition) is 2. The first-order valence-electron chi connectivity index (χ1n) is 7.31. The highest BCUT2D eigenvalue weighted by atomic mass is 32.2. The predicted octanol–water partition coefficient (Wildman–Crippen LogP) is 3.15. The van der Waals surface area contributed by atoms with Crippen molar-refractivity contribution < 1.29 is 13.2 Å². The molecule has 2 aromatic carbocycles. The third-order valence-corrected chi connectivity index (χ3v) is 4.85. The minimum absolute atomic E-state index is 0.0585. The molecule has 0 saturated heterocycles. The Hall–Kier alpha value is -2.12. The van der Waals surface area contributed by atoms with E-state index >= 15 is 0 Å². The molecular formula is C17H20N2O3S2. The lowest BCUT2D eigenvalue weighted by Gasteiger charge is -2.18. The normalized spacial score (nSPS) is 12.3. The predicted molar refractivity (Wildman–Crippen MR) is 100 cm³/mol. The Morgan fingerprint density at radius 2 is 1.67 bits per heavy atom. The van der Waals surface area contributed by atoms with Gasteiger partial charge in [0.25, 0.3) is 0 Å². The largest absolute Gasteiger partial charge is 0.497 e. The molecule has 0 spiro atoms. The number of rotatable bonds is 5. The molecular weight excluding hydrogens is 344 g/mol. The molecule has 0 bridgehead atoms. The summed E-state index contributed by atoms with van der Waals surface area (Å²) in [6.45, 7) is 1.96. The van der Waals surface area contributed by atoms with Crippen molar-refractivity contribution in [1.29, 1.82) is 0 Å². The molecule has 2 N–H and O–H groups in total. The number of nitrogens with one attached hydrogen (secondary N) is 2. The number of methoxy groups -OCH3 is 1. The lowest BCUT2D eigenvalue weighted by atomic mass is 10.1. The van der Waals surface area contributed by atoms with E-state index in [9.17, 15) is 8.42 Å². The quantitative estimate of drug-likeness (QED) is 0.795. The Bertz CT molecular complexity index is 801. The summed E-state index contributed by atoms with van der Waals surface area (Å²) in [7, 11) is -1.57. The number of hydrogen-bond acceptors (Lipinski definition) is 4. The average Bonchev–Trinajstić information content (AvgIpc) is 2.54. The molecule has 24 heavy (non-hydrogen) atoms. The van der Waals surface area contributed by atoms with Crippen LogP contribution in [0.15, 0.2) is 53.4 Å². The molecule has 128 valence electrons. The van der Waals surface area contributed by atoms with Gasteiger partial charge >= 0.3 is 0 Å². The van der Waals surface area contributed by atoms with Crippen LogP contribution >= 0.6 is 12.2 Å². The minimum Gasteiger partial charge on any atom is -0.497 e. The van der Waals surface area contributed by atoms with Crippen molar-refractivity contribution in [3.63, 3.8) is 0 Å². The zero-order valence-corrected chi connectivity index (χ0v) is 15.4. The molecule has 0 heterocycles. The van der Waals surface area contributed by atoms with E-state index in [1.54, 1.807) is 31.4 Å². The van der Waals surface area contributed by atoms with Crippen LogP contribution in [0.25, 0.3) is 0 Å². The highest BCUT2D eigenvalue weighted by molar-refractivity contribution is 7.90. The van der Waals surface area contributed by atoms with E-state index in [2.05, 4.69) is 10.6 Å². The Labute approximate surface area is 148 Å². The summed E-state index contributed by atoms with van der Waals surface area (Å²) in [5, 5.41) is 6.76. The number of thiocarbonyl (C=S) groups is 1. The summed E-state index contributed by atoms with van der Waals surface area (Å²) in [5.41, 5.74) is 1.80. The van der Waals surface area contributed by atoms with E-state index in [0.29, 0.717) is 10.0 Å². The second-order valence-corrected chi connectivity index (χ2v) is 7.81. The van der Waals surface area contributed by atoms with Crippen LogP contribution in [0.2, 0.25) is 0 Å². The summed E-state index contributed by atoms with van der Waals surface area (Å²) in [4.78, 5) is 0.303. The number of anilines is 1. The fraction of sp³-hybridized carbons (Fsp3) is 0.235. The maximum Gasteiger partial charge on any atom is 0.175 e. The van der Waals surface area contributed by atoms with E-state index in [-0.39, 0.29) is 6.04 Å². The second-order valence-electron chi connectivity index (χ2n) is 5.39. The van der Waals surface area contributed by atoms with Crippen LogP contribution in [0.5, 0.6) is 5.75 Å². The Morgan fingerprint density at radius 1 is 1.08 bits per heavy atom. The highest BCUT2D eigenvalue weighted by Gasteiger charge is 2.10. The van der Waals surface area contributed by atoms with Crippen LogP contribution in [0.1, 0.15) is 18.5 Å². The molecule has 5 nitrogen and oxygen atoms in total. The zero-order valence-electron chi connectivity index (χ0n) is 13.7. The molecule has 0 aromatic heterocycles. The molecule has 7 heteroatoms. The van der Waals surface area contributed by atoms with Crippen LogP contribution in [0.4, 0.5) is 5.69 Å². The van der Waals surface area contributed by atoms with Crippen molar-refractivity contribution in [3.8, 4) is 5.75 Å². The monoisotopic (exact) mass is 364 g/mol. The van der Waals surface area contributed by atoms with E-state index in [1.807, 2.05) is 31.2 Å². The fourth-order valence-corrected chi connectivity index (χ4v) is 3.05. The van der Waals surface area contributed by atoms with E-state index in [0.717, 1.165) is 17.0 Å². The molecule has 0 aliphatic rings. The van der Waals surface area contributed by atoms with Crippen LogP contribution in [0.3, 0.4) is 0 Å². The van der Waals surface area contributed by atoms with Gasteiger partial charge in [-0.3, -0.25) is 0 Å². The van der Waals surface area contributed by atoms with Crippen LogP contribution in [0, 0.1) is 0 Å². The van der Waals surface area contributed by atoms with Gasteiger partial charge in [-0.25, -0.2) is 8.42 Å². The number of sulfone groups is 1. The van der Waals surface area contributed by atoms with Gasteiger partial charge in [-0.05, 0) is 61.1 Å². The molecule has 0 fully saturated rings. The van der Waals surface area contributed by atoms with Gasteiger partial charge in [-0.15, -0.1) is 0 Å². The fourth-order valence-electron chi connectivity index (χ4n) is 2.13. The molecule has 0 radical (unpaired) electrons. The molecule has 2 rings (SSSR count). The maximum absolute atomic E-state index is 11.5. The Balaban J connectivity index is 1.97. The molecule has 0 unspecified atom stereocenters. The van der Waals surface area contributed by atoms with Gasteiger partial charge in [-0.2, -0.15) is 0 Å². The molecule has 2 aromatic rings. The summed E-state index contributed by atoms with van der Waals surface area (Å²) in [6, 6.07) is 14.1. The van der Waals surface area contributed by atoms with Gasteiger partial charge in [0.15, 0.2) is 14.9 Å². The standard InChI is InChI=1S/C17H20N2O3S2/c1-12(13-4-10-16(11-5-13)24(3,20)21)18-17(23)19-14-6-8-15(22-2)9-7-14/h4-12H,1-3H3,(H2,18,19,23)/t12-/m0/s1. The smallest absolute Gasteiger partial charge is 0.175 e. The SMILES string of the molecule is COc1ccc(NC(=S)N[C@@H](C)c2ccc(S(C)(=O)=O)cc2)cc1. The molecule has 1 atom stereocenters. The van der Waals surface area contributed by atoms with Crippen molar-refractivity contribution in [3.05, 3.63) is 54.1 Å². The summed E-state index contributed by atoms with van der Waals surface area (Å²) >= 11 is 5.31. The molecule has 0 aliphatic carbocycles. The third kappa shape index (κ3) is 4.94. The van der Waals surface area contributed by atoms with E-state index in [1.165, 1.54) is 6.26 Å². The number of benzene rings is 2. The van der Waals surface area contributed by atoms with Gasteiger partial charge in [-0.1, -0.05) is 12.1 Å². The van der Waals surface area contributed by atoms with Crippen molar-refractivity contribution in [2.24, 2.45) is 0 Å². The zero-order chi connectivity index (χ0) is 17.7. The van der Waals surface area contributed by atoms with Crippen molar-refractivity contribution in [2.75, 3.05) is 18.7 Å². The average molecular weight is 364 g/mol. The van der Waals surface area contributed by atoms with Crippen LogP contribution in [-0.2, 0) is 9.84 Å². The lowest BCUT2D eigenvalue weighted by molar-refractivity contribution is 0.415. The molecule has 0 amide bonds. The van der Waals surface area contributed by atoms with E-state index < -0.39 is 9.84 Å². The first-order valence-corrected chi connectivity index (χ1v) is 9.61. The van der Waals surface area contributed by atoms with Crippen molar-refractivity contribution >= 4 is 32.9 Å². The van der Waals surface area contributed by atoms with Crippen molar-refractivity contribution in [2.45, 2.75) is 17.9 Å².